The Hall–Kier alpha value is -0.490. The highest BCUT2D eigenvalue weighted by atomic mass is 32.2. The van der Waals surface area contributed by atoms with Crippen LogP contribution in [0.3, 0.4) is 0 Å². The Morgan fingerprint density at radius 2 is 1.78 bits per heavy atom. The molecular weight excluding hydrogens is 242 g/mol. The predicted octanol–water partition coefficient (Wildman–Crippen LogP) is 3.42. The van der Waals surface area contributed by atoms with Crippen molar-refractivity contribution in [1.82, 2.24) is 0 Å². The Balaban J connectivity index is 1.75. The summed E-state index contributed by atoms with van der Waals surface area (Å²) in [6, 6.07) is 2.14. The van der Waals surface area contributed by atoms with Crippen LogP contribution in [0.25, 0.3) is 0 Å². The van der Waals surface area contributed by atoms with Gasteiger partial charge in [-0.15, -0.1) is 11.8 Å². The van der Waals surface area contributed by atoms with Crippen LogP contribution < -0.4 is 0 Å². The summed E-state index contributed by atoms with van der Waals surface area (Å²) < 4.78 is 0. The average molecular weight is 263 g/mol. The predicted molar refractivity (Wildman–Crippen MR) is 73.1 cm³/mol. The lowest BCUT2D eigenvalue weighted by Gasteiger charge is -2.56. The maximum atomic E-state index is 12.8. The number of nitrogens with zero attached hydrogens (tertiary/aromatic N) is 1. The molecule has 1 atom stereocenters. The Kier molecular flexibility index (Phi) is 3.18. The van der Waals surface area contributed by atoms with Crippen LogP contribution in [0.4, 0.5) is 0 Å². The summed E-state index contributed by atoms with van der Waals surface area (Å²) in [4.78, 5) is 12.8. The minimum absolute atomic E-state index is 0.0105. The lowest BCUT2D eigenvalue weighted by Crippen LogP contribution is -2.51. The molecule has 4 aliphatic rings. The summed E-state index contributed by atoms with van der Waals surface area (Å²) in [6.07, 6.45) is 7.59. The van der Waals surface area contributed by atoms with Gasteiger partial charge in [0, 0.05) is 5.41 Å². The molecule has 4 rings (SSSR count). The summed E-state index contributed by atoms with van der Waals surface area (Å²) in [5.74, 6) is 3.39. The van der Waals surface area contributed by atoms with E-state index in [2.05, 4.69) is 6.07 Å². The van der Waals surface area contributed by atoms with E-state index in [1.54, 1.807) is 0 Å². The highest BCUT2D eigenvalue weighted by Gasteiger charge is 2.54. The molecule has 0 aromatic rings. The molecule has 0 aromatic heterocycles. The first-order valence-electron chi connectivity index (χ1n) is 7.16. The summed E-state index contributed by atoms with van der Waals surface area (Å²) in [5, 5.41) is 8.66. The van der Waals surface area contributed by atoms with Gasteiger partial charge in [0.15, 0.2) is 5.78 Å². The van der Waals surface area contributed by atoms with Gasteiger partial charge in [-0.1, -0.05) is 0 Å². The van der Waals surface area contributed by atoms with Crippen molar-refractivity contribution in [2.75, 3.05) is 5.75 Å². The smallest absolute Gasteiger partial charge is 0.151 e. The fourth-order valence-corrected chi connectivity index (χ4v) is 5.81. The van der Waals surface area contributed by atoms with Crippen molar-refractivity contribution in [3.8, 4) is 6.07 Å². The maximum absolute atomic E-state index is 12.8. The second-order valence-corrected chi connectivity index (χ2v) is 8.00. The standard InChI is InChI=1S/C15H21NOS/c1-10(18-3-2-16)14(17)15-7-11-4-12(8-15)6-13(5-11)9-15/h10-13H,3-9H2,1H3. The van der Waals surface area contributed by atoms with Crippen LogP contribution in [0.2, 0.25) is 0 Å². The van der Waals surface area contributed by atoms with Gasteiger partial charge in [0.1, 0.15) is 0 Å². The zero-order valence-corrected chi connectivity index (χ0v) is 11.8. The number of carbonyl (C=O) groups excluding carboxylic acids is 1. The van der Waals surface area contributed by atoms with Gasteiger partial charge in [-0.3, -0.25) is 4.79 Å². The summed E-state index contributed by atoms with van der Waals surface area (Å²) in [5.41, 5.74) is 0.0105. The van der Waals surface area contributed by atoms with Gasteiger partial charge in [-0.25, -0.2) is 0 Å². The monoisotopic (exact) mass is 263 g/mol. The lowest BCUT2D eigenvalue weighted by molar-refractivity contribution is -0.142. The van der Waals surface area contributed by atoms with Crippen molar-refractivity contribution in [3.63, 3.8) is 0 Å². The number of hydrogen-bond donors (Lipinski definition) is 0. The van der Waals surface area contributed by atoms with Gasteiger partial charge in [0.05, 0.1) is 17.1 Å². The minimum Gasteiger partial charge on any atom is -0.298 e. The number of ketones is 1. The number of Topliss-reactive ketones (excluding diaryl/α,β-unsaturated/α-hetero) is 1. The first-order valence-corrected chi connectivity index (χ1v) is 8.21. The van der Waals surface area contributed by atoms with Crippen LogP contribution >= 0.6 is 11.8 Å². The van der Waals surface area contributed by atoms with Crippen LogP contribution in [0.5, 0.6) is 0 Å². The zero-order valence-electron chi connectivity index (χ0n) is 11.0. The Morgan fingerprint density at radius 3 is 2.22 bits per heavy atom. The number of nitriles is 1. The van der Waals surface area contributed by atoms with Gasteiger partial charge >= 0.3 is 0 Å². The van der Waals surface area contributed by atoms with E-state index < -0.39 is 0 Å². The summed E-state index contributed by atoms with van der Waals surface area (Å²) in [6.45, 7) is 2.00. The molecule has 4 aliphatic carbocycles. The minimum atomic E-state index is 0.0105. The molecule has 18 heavy (non-hydrogen) atoms. The van der Waals surface area contributed by atoms with E-state index in [4.69, 9.17) is 5.26 Å². The molecule has 4 bridgehead atoms. The lowest BCUT2D eigenvalue weighted by atomic mass is 9.48. The van der Waals surface area contributed by atoms with Crippen LogP contribution in [0.15, 0.2) is 0 Å². The summed E-state index contributed by atoms with van der Waals surface area (Å²) in [7, 11) is 0. The molecule has 3 heteroatoms. The Labute approximate surface area is 114 Å². The molecule has 4 fully saturated rings. The van der Waals surface area contributed by atoms with E-state index in [0.29, 0.717) is 11.5 Å². The molecule has 0 N–H and O–H groups in total. The van der Waals surface area contributed by atoms with Crippen molar-refractivity contribution in [2.45, 2.75) is 50.7 Å². The third-order valence-electron chi connectivity index (χ3n) is 5.33. The van der Waals surface area contributed by atoms with Crippen molar-refractivity contribution < 1.29 is 4.79 Å². The molecule has 0 aromatic carbocycles. The van der Waals surface area contributed by atoms with E-state index in [1.165, 1.54) is 31.0 Å². The SMILES string of the molecule is CC(SCC#N)C(=O)C12CC3CC(CC(C3)C1)C2. The highest BCUT2D eigenvalue weighted by molar-refractivity contribution is 8.00. The van der Waals surface area contributed by atoms with Gasteiger partial charge in [0.25, 0.3) is 0 Å². The number of hydrogen-bond acceptors (Lipinski definition) is 3. The molecule has 98 valence electrons. The van der Waals surface area contributed by atoms with Gasteiger partial charge in [0.2, 0.25) is 0 Å². The van der Waals surface area contributed by atoms with Crippen LogP contribution in [-0.2, 0) is 4.79 Å². The number of rotatable bonds is 4. The van der Waals surface area contributed by atoms with Crippen LogP contribution in [-0.4, -0.2) is 16.8 Å². The molecule has 0 radical (unpaired) electrons. The quantitative estimate of drug-likeness (QED) is 0.780. The molecular formula is C15H21NOS. The molecule has 0 spiro atoms. The molecule has 1 unspecified atom stereocenters. The van der Waals surface area contributed by atoms with E-state index in [0.717, 1.165) is 37.0 Å². The Morgan fingerprint density at radius 1 is 1.28 bits per heavy atom. The fraction of sp³-hybridized carbons (Fsp3) is 0.867. The van der Waals surface area contributed by atoms with E-state index in [1.807, 2.05) is 6.92 Å². The molecule has 0 heterocycles. The first-order chi connectivity index (χ1) is 8.63. The summed E-state index contributed by atoms with van der Waals surface area (Å²) >= 11 is 1.52. The molecule has 0 aliphatic heterocycles. The zero-order chi connectivity index (χ0) is 12.8. The molecule has 2 nitrogen and oxygen atoms in total. The topological polar surface area (TPSA) is 40.9 Å². The van der Waals surface area contributed by atoms with Crippen LogP contribution in [0.1, 0.15) is 45.4 Å². The van der Waals surface area contributed by atoms with E-state index in [-0.39, 0.29) is 10.7 Å². The number of carbonyl (C=O) groups is 1. The maximum Gasteiger partial charge on any atom is 0.151 e. The second kappa shape index (κ2) is 4.56. The fourth-order valence-electron chi connectivity index (χ4n) is 5.08. The Bertz CT molecular complexity index is 363. The normalized spacial score (nSPS) is 42.6. The molecule has 4 saturated carbocycles. The van der Waals surface area contributed by atoms with Gasteiger partial charge < -0.3 is 0 Å². The highest BCUT2D eigenvalue weighted by Crippen LogP contribution is 2.60. The molecule has 0 saturated heterocycles. The van der Waals surface area contributed by atoms with Crippen molar-refractivity contribution in [2.24, 2.45) is 23.2 Å². The third-order valence-corrected chi connectivity index (χ3v) is 6.34. The van der Waals surface area contributed by atoms with Crippen molar-refractivity contribution in [1.29, 1.82) is 5.26 Å². The number of thioether (sulfide) groups is 1. The average Bonchev–Trinajstić information content (AvgIpc) is 2.33. The van der Waals surface area contributed by atoms with Crippen molar-refractivity contribution >= 4 is 17.5 Å². The third kappa shape index (κ3) is 1.99. The second-order valence-electron chi connectivity index (χ2n) is 6.67. The van der Waals surface area contributed by atoms with Gasteiger partial charge in [-0.2, -0.15) is 5.26 Å². The van der Waals surface area contributed by atoms with Crippen molar-refractivity contribution in [3.05, 3.63) is 0 Å². The van der Waals surface area contributed by atoms with Crippen LogP contribution in [0, 0.1) is 34.5 Å². The first kappa shape index (κ1) is 12.5. The van der Waals surface area contributed by atoms with E-state index in [9.17, 15) is 4.79 Å². The van der Waals surface area contributed by atoms with Gasteiger partial charge in [-0.05, 0) is 63.2 Å². The molecule has 0 amide bonds. The van der Waals surface area contributed by atoms with E-state index >= 15 is 0 Å². The largest absolute Gasteiger partial charge is 0.298 e.